The molecule has 0 spiro atoms. The maximum Gasteiger partial charge on any atom is 0.311 e. The van der Waals surface area contributed by atoms with E-state index < -0.39 is 11.4 Å². The summed E-state index contributed by atoms with van der Waals surface area (Å²) in [4.78, 5) is 34.6. The molecule has 0 aromatic carbocycles. The van der Waals surface area contributed by atoms with Crippen LogP contribution in [0.2, 0.25) is 0 Å². The van der Waals surface area contributed by atoms with Crippen molar-refractivity contribution in [3.8, 4) is 0 Å². The lowest BCUT2D eigenvalue weighted by Crippen LogP contribution is -2.45. The van der Waals surface area contributed by atoms with Crippen LogP contribution in [-0.2, 0) is 14.4 Å². The number of hydrogen-bond acceptors (Lipinski definition) is 4. The van der Waals surface area contributed by atoms with Crippen molar-refractivity contribution in [1.29, 1.82) is 0 Å². The third kappa shape index (κ3) is 3.80. The smallest absolute Gasteiger partial charge is 0.311 e. The lowest BCUT2D eigenvalue weighted by atomic mass is 9.80. The van der Waals surface area contributed by atoms with Gasteiger partial charge < -0.3 is 10.4 Å². The van der Waals surface area contributed by atoms with E-state index in [0.29, 0.717) is 12.8 Å². The molecule has 0 atom stereocenters. The van der Waals surface area contributed by atoms with Crippen molar-refractivity contribution in [3.63, 3.8) is 0 Å². The zero-order valence-electron chi connectivity index (χ0n) is 12.0. The number of rotatable bonds is 4. The topological polar surface area (TPSA) is 108 Å². The van der Waals surface area contributed by atoms with E-state index in [0.717, 1.165) is 25.7 Å². The molecule has 0 unspecified atom stereocenters. The van der Waals surface area contributed by atoms with Gasteiger partial charge in [-0.2, -0.15) is 5.10 Å². The van der Waals surface area contributed by atoms with Crippen LogP contribution in [0.25, 0.3) is 0 Å². The maximum atomic E-state index is 12.0. The van der Waals surface area contributed by atoms with Crippen LogP contribution in [0.15, 0.2) is 5.10 Å². The van der Waals surface area contributed by atoms with Gasteiger partial charge in [-0.15, -0.1) is 0 Å². The Morgan fingerprint density at radius 3 is 2.38 bits per heavy atom. The lowest BCUT2D eigenvalue weighted by molar-refractivity contribution is -0.149. The fraction of sp³-hybridized carbons (Fsp3) is 0.714. The van der Waals surface area contributed by atoms with Crippen LogP contribution >= 0.6 is 0 Å². The maximum absolute atomic E-state index is 12.0. The Labute approximate surface area is 123 Å². The highest BCUT2D eigenvalue weighted by molar-refractivity contribution is 6.39. The zero-order valence-corrected chi connectivity index (χ0v) is 12.0. The molecule has 1 heterocycles. The number of hydrogen-bond donors (Lipinski definition) is 3. The summed E-state index contributed by atoms with van der Waals surface area (Å²) in [6.45, 7) is 0.119. The van der Waals surface area contributed by atoms with Gasteiger partial charge in [0, 0.05) is 19.4 Å². The first-order valence-electron chi connectivity index (χ1n) is 7.40. The Morgan fingerprint density at radius 1 is 1.19 bits per heavy atom. The number of hydrazone groups is 1. The van der Waals surface area contributed by atoms with Gasteiger partial charge in [0.2, 0.25) is 5.91 Å². The molecule has 116 valence electrons. The van der Waals surface area contributed by atoms with Gasteiger partial charge in [0.1, 0.15) is 5.71 Å². The van der Waals surface area contributed by atoms with E-state index in [1.807, 2.05) is 0 Å². The molecule has 3 N–H and O–H groups in total. The third-order valence-corrected chi connectivity index (χ3v) is 4.27. The molecule has 1 aliphatic heterocycles. The normalized spacial score (nSPS) is 21.7. The zero-order chi connectivity index (χ0) is 15.3. The van der Waals surface area contributed by atoms with Crippen LogP contribution in [0.4, 0.5) is 0 Å². The highest BCUT2D eigenvalue weighted by atomic mass is 16.4. The van der Waals surface area contributed by atoms with Crippen LogP contribution in [0.1, 0.15) is 51.4 Å². The summed E-state index contributed by atoms with van der Waals surface area (Å²) in [5, 5.41) is 15.9. The van der Waals surface area contributed by atoms with Gasteiger partial charge in [0.25, 0.3) is 5.91 Å². The summed E-state index contributed by atoms with van der Waals surface area (Å²) < 4.78 is 0. The van der Waals surface area contributed by atoms with E-state index in [1.165, 1.54) is 0 Å². The fourth-order valence-corrected chi connectivity index (χ4v) is 2.86. The summed E-state index contributed by atoms with van der Waals surface area (Å²) in [6, 6.07) is 0. The molecule has 1 saturated carbocycles. The van der Waals surface area contributed by atoms with Crippen LogP contribution in [0.5, 0.6) is 0 Å². The van der Waals surface area contributed by atoms with E-state index >= 15 is 0 Å². The van der Waals surface area contributed by atoms with Crippen molar-refractivity contribution in [2.24, 2.45) is 10.5 Å². The summed E-state index contributed by atoms with van der Waals surface area (Å²) in [5.74, 6) is -1.44. The minimum atomic E-state index is -0.870. The second-order valence-electron chi connectivity index (χ2n) is 5.78. The van der Waals surface area contributed by atoms with Crippen LogP contribution in [0, 0.1) is 5.41 Å². The summed E-state index contributed by atoms with van der Waals surface area (Å²) >= 11 is 0. The van der Waals surface area contributed by atoms with Gasteiger partial charge in [0.15, 0.2) is 0 Å². The summed E-state index contributed by atoms with van der Waals surface area (Å²) in [6.07, 6.45) is 5.54. The number of nitrogens with one attached hydrogen (secondary N) is 2. The molecular weight excluding hydrogens is 274 g/mol. The molecule has 2 aliphatic rings. The van der Waals surface area contributed by atoms with Crippen molar-refractivity contribution in [2.45, 2.75) is 51.4 Å². The standard InChI is InChI=1S/C14H21N3O4/c18-11-6-5-10(16-17-11)12(19)15-9-14(13(20)21)7-3-1-2-4-8-14/h1-9H2,(H,15,19)(H,17,18)(H,20,21). The highest BCUT2D eigenvalue weighted by Crippen LogP contribution is 2.34. The molecule has 2 rings (SSSR count). The molecule has 0 aromatic heterocycles. The Balaban J connectivity index is 1.97. The number of carbonyl (C=O) groups excluding carboxylic acids is 2. The number of carboxylic acid groups (broad SMARTS) is 1. The first-order chi connectivity index (χ1) is 10.0. The average molecular weight is 295 g/mol. The van der Waals surface area contributed by atoms with Crippen molar-refractivity contribution in [1.82, 2.24) is 10.7 Å². The van der Waals surface area contributed by atoms with Crippen molar-refractivity contribution in [2.75, 3.05) is 6.54 Å². The predicted octanol–water partition coefficient (Wildman–Crippen LogP) is 0.794. The van der Waals surface area contributed by atoms with Gasteiger partial charge in [-0.05, 0) is 12.8 Å². The van der Waals surface area contributed by atoms with Gasteiger partial charge in [0.05, 0.1) is 5.41 Å². The number of carbonyl (C=O) groups is 3. The van der Waals surface area contributed by atoms with Gasteiger partial charge in [-0.3, -0.25) is 14.4 Å². The van der Waals surface area contributed by atoms with E-state index in [-0.39, 0.29) is 36.9 Å². The largest absolute Gasteiger partial charge is 0.481 e. The quantitative estimate of drug-likeness (QED) is 0.666. The van der Waals surface area contributed by atoms with E-state index in [9.17, 15) is 19.5 Å². The van der Waals surface area contributed by atoms with E-state index in [1.54, 1.807) is 0 Å². The Morgan fingerprint density at radius 2 is 1.86 bits per heavy atom. The first-order valence-corrected chi connectivity index (χ1v) is 7.40. The minimum absolute atomic E-state index is 0.119. The number of aliphatic carboxylic acids is 1. The molecule has 7 heteroatoms. The second kappa shape index (κ2) is 6.69. The van der Waals surface area contributed by atoms with Gasteiger partial charge in [-0.1, -0.05) is 25.7 Å². The SMILES string of the molecule is O=C1CCC(C(=O)NCC2(C(=O)O)CCCCCC2)=NN1. The number of nitrogens with zero attached hydrogens (tertiary/aromatic N) is 1. The molecule has 7 nitrogen and oxygen atoms in total. The minimum Gasteiger partial charge on any atom is -0.481 e. The van der Waals surface area contributed by atoms with Crippen LogP contribution < -0.4 is 10.7 Å². The molecule has 1 aliphatic carbocycles. The molecule has 1 fully saturated rings. The highest BCUT2D eigenvalue weighted by Gasteiger charge is 2.39. The van der Waals surface area contributed by atoms with Crippen LogP contribution in [-0.4, -0.2) is 35.1 Å². The van der Waals surface area contributed by atoms with Crippen LogP contribution in [0.3, 0.4) is 0 Å². The second-order valence-corrected chi connectivity index (χ2v) is 5.78. The molecule has 21 heavy (non-hydrogen) atoms. The molecular formula is C14H21N3O4. The molecule has 0 aromatic rings. The fourth-order valence-electron chi connectivity index (χ4n) is 2.86. The number of amides is 2. The average Bonchev–Trinajstić information content (AvgIpc) is 2.72. The Kier molecular flexibility index (Phi) is 4.93. The summed E-state index contributed by atoms with van der Waals surface area (Å²) in [7, 11) is 0. The third-order valence-electron chi connectivity index (χ3n) is 4.27. The monoisotopic (exact) mass is 295 g/mol. The lowest BCUT2D eigenvalue weighted by Gasteiger charge is -2.28. The van der Waals surface area contributed by atoms with Crippen molar-refractivity contribution >= 4 is 23.5 Å². The number of carboxylic acids is 1. The first kappa shape index (κ1) is 15.5. The Hall–Kier alpha value is -1.92. The van der Waals surface area contributed by atoms with Crippen molar-refractivity contribution in [3.05, 3.63) is 0 Å². The van der Waals surface area contributed by atoms with E-state index in [4.69, 9.17) is 0 Å². The van der Waals surface area contributed by atoms with Crippen molar-refractivity contribution < 1.29 is 19.5 Å². The molecule has 2 amide bonds. The molecule has 0 bridgehead atoms. The predicted molar refractivity (Wildman–Crippen MR) is 75.6 cm³/mol. The molecule has 0 saturated heterocycles. The Bertz CT molecular complexity index is 465. The molecule has 0 radical (unpaired) electrons. The van der Waals surface area contributed by atoms with E-state index in [2.05, 4.69) is 15.8 Å². The summed E-state index contributed by atoms with van der Waals surface area (Å²) in [5.41, 5.74) is 1.65. The van der Waals surface area contributed by atoms with Gasteiger partial charge >= 0.3 is 5.97 Å². The van der Waals surface area contributed by atoms with Gasteiger partial charge in [-0.25, -0.2) is 5.43 Å².